The predicted octanol–water partition coefficient (Wildman–Crippen LogP) is 3.18. The van der Waals surface area contributed by atoms with Crippen LogP contribution in [0.1, 0.15) is 43.2 Å². The summed E-state index contributed by atoms with van der Waals surface area (Å²) in [7, 11) is 0. The second kappa shape index (κ2) is 8.04. The van der Waals surface area contributed by atoms with Crippen molar-refractivity contribution in [2.45, 2.75) is 44.9 Å². The topological polar surface area (TPSA) is 58.2 Å². The molecule has 0 bridgehead atoms. The number of hydrogen-bond acceptors (Lipinski definition) is 4. The summed E-state index contributed by atoms with van der Waals surface area (Å²) in [6.45, 7) is 4.37. The number of likely N-dealkylation sites (tertiary alicyclic amines) is 1. The second-order valence-electron chi connectivity index (χ2n) is 7.34. The monoisotopic (exact) mass is 353 g/mol. The van der Waals surface area contributed by atoms with Crippen molar-refractivity contribution in [3.63, 3.8) is 0 Å². The first-order chi connectivity index (χ1) is 12.8. The third-order valence-corrected chi connectivity index (χ3v) is 5.51. The molecule has 0 spiro atoms. The number of nitrogens with one attached hydrogen (secondary N) is 1. The number of H-pyrrole nitrogens is 1. The van der Waals surface area contributed by atoms with E-state index in [0.717, 1.165) is 67.0 Å². The van der Waals surface area contributed by atoms with E-state index in [9.17, 15) is 4.79 Å². The minimum Gasteiger partial charge on any atom is -0.494 e. The van der Waals surface area contributed by atoms with Gasteiger partial charge in [0.15, 0.2) is 0 Å². The van der Waals surface area contributed by atoms with E-state index in [-0.39, 0.29) is 5.56 Å². The molecule has 0 saturated carbocycles. The fourth-order valence-electron chi connectivity index (χ4n) is 4.11. The molecule has 5 heteroatoms. The minimum atomic E-state index is -0.0325. The molecule has 1 aromatic heterocycles. The highest BCUT2D eigenvalue weighted by atomic mass is 16.5. The van der Waals surface area contributed by atoms with Crippen LogP contribution in [0, 0.1) is 0 Å². The molecule has 2 aliphatic rings. The first-order valence-electron chi connectivity index (χ1n) is 9.87. The van der Waals surface area contributed by atoms with Crippen molar-refractivity contribution in [1.82, 2.24) is 15.1 Å². The molecule has 0 amide bonds. The van der Waals surface area contributed by atoms with Gasteiger partial charge < -0.3 is 9.64 Å². The van der Waals surface area contributed by atoms with E-state index in [4.69, 9.17) is 4.74 Å². The van der Waals surface area contributed by atoms with E-state index in [2.05, 4.69) is 15.1 Å². The van der Waals surface area contributed by atoms with Crippen LogP contribution in [0.2, 0.25) is 0 Å². The van der Waals surface area contributed by atoms with Crippen LogP contribution in [0.3, 0.4) is 0 Å². The molecule has 1 aromatic carbocycles. The smallest absolute Gasteiger partial charge is 0.267 e. The maximum atomic E-state index is 11.9. The number of fused-ring (bicyclic) bond motifs is 1. The lowest BCUT2D eigenvalue weighted by Crippen LogP contribution is -2.31. The Balaban J connectivity index is 1.34. The van der Waals surface area contributed by atoms with Gasteiger partial charge in [-0.15, -0.1) is 0 Å². The Morgan fingerprint density at radius 2 is 1.77 bits per heavy atom. The summed E-state index contributed by atoms with van der Waals surface area (Å²) < 4.78 is 5.89. The maximum Gasteiger partial charge on any atom is 0.267 e. The Kier molecular flexibility index (Phi) is 5.34. The van der Waals surface area contributed by atoms with E-state index in [1.165, 1.54) is 32.4 Å². The number of rotatable bonds is 6. The van der Waals surface area contributed by atoms with Crippen LogP contribution < -0.4 is 10.3 Å². The summed E-state index contributed by atoms with van der Waals surface area (Å²) >= 11 is 0. The zero-order valence-electron chi connectivity index (χ0n) is 15.3. The summed E-state index contributed by atoms with van der Waals surface area (Å²) in [5.41, 5.74) is 3.95. The lowest BCUT2D eigenvalue weighted by molar-refractivity contribution is 0.205. The van der Waals surface area contributed by atoms with Crippen molar-refractivity contribution in [2.75, 3.05) is 26.2 Å². The minimum absolute atomic E-state index is 0.0325. The lowest BCUT2D eigenvalue weighted by Gasteiger charge is -2.26. The number of ether oxygens (including phenoxy) is 1. The molecule has 2 heterocycles. The summed E-state index contributed by atoms with van der Waals surface area (Å²) in [4.78, 5) is 14.4. The van der Waals surface area contributed by atoms with Crippen molar-refractivity contribution < 1.29 is 4.74 Å². The molecule has 26 heavy (non-hydrogen) atoms. The molecule has 1 saturated heterocycles. The number of piperidine rings is 1. The van der Waals surface area contributed by atoms with Gasteiger partial charge in [0, 0.05) is 17.7 Å². The van der Waals surface area contributed by atoms with Gasteiger partial charge in [0.1, 0.15) is 5.75 Å². The van der Waals surface area contributed by atoms with E-state index in [0.29, 0.717) is 0 Å². The number of aromatic nitrogens is 2. The molecule has 5 nitrogen and oxygen atoms in total. The van der Waals surface area contributed by atoms with Crippen LogP contribution in [0.4, 0.5) is 0 Å². The molecular formula is C21H27N3O2. The van der Waals surface area contributed by atoms with E-state index < -0.39 is 0 Å². The third-order valence-electron chi connectivity index (χ3n) is 5.51. The molecule has 1 fully saturated rings. The van der Waals surface area contributed by atoms with Gasteiger partial charge in [-0.1, -0.05) is 6.42 Å². The third kappa shape index (κ3) is 3.83. The summed E-state index contributed by atoms with van der Waals surface area (Å²) in [6.07, 6.45) is 7.96. The molecule has 0 radical (unpaired) electrons. The van der Waals surface area contributed by atoms with Crippen LogP contribution in [0.25, 0.3) is 11.3 Å². The Morgan fingerprint density at radius 1 is 1.00 bits per heavy atom. The first-order valence-corrected chi connectivity index (χ1v) is 9.87. The normalized spacial score (nSPS) is 17.2. The Bertz CT molecular complexity index is 792. The van der Waals surface area contributed by atoms with E-state index >= 15 is 0 Å². The van der Waals surface area contributed by atoms with Crippen LogP contribution in [0.5, 0.6) is 5.75 Å². The molecule has 0 unspecified atom stereocenters. The van der Waals surface area contributed by atoms with Gasteiger partial charge in [-0.25, -0.2) is 5.10 Å². The second-order valence-corrected chi connectivity index (χ2v) is 7.34. The maximum absolute atomic E-state index is 11.9. The standard InChI is InChI=1S/C21H27N3O2/c25-21-19-7-4-6-18(19)20(22-23-21)16-8-10-17(11-9-16)26-15-5-14-24-12-2-1-3-13-24/h8-11H,1-7,12-15H2,(H,23,25). The zero-order chi connectivity index (χ0) is 17.8. The van der Waals surface area contributed by atoms with Gasteiger partial charge >= 0.3 is 0 Å². The molecule has 138 valence electrons. The zero-order valence-corrected chi connectivity index (χ0v) is 15.3. The van der Waals surface area contributed by atoms with Crippen molar-refractivity contribution in [3.8, 4) is 17.0 Å². The summed E-state index contributed by atoms with van der Waals surface area (Å²) in [5, 5.41) is 6.94. The van der Waals surface area contributed by atoms with Crippen LogP contribution in [-0.4, -0.2) is 41.3 Å². The fourth-order valence-corrected chi connectivity index (χ4v) is 4.11. The average molecular weight is 353 g/mol. The van der Waals surface area contributed by atoms with Crippen molar-refractivity contribution in [3.05, 3.63) is 45.7 Å². The molecule has 0 atom stereocenters. The highest BCUT2D eigenvalue weighted by Gasteiger charge is 2.20. The van der Waals surface area contributed by atoms with Gasteiger partial charge in [-0.05, 0) is 81.4 Å². The van der Waals surface area contributed by atoms with Crippen molar-refractivity contribution >= 4 is 0 Å². The molecule has 1 aliphatic carbocycles. The lowest BCUT2D eigenvalue weighted by atomic mass is 10.0. The van der Waals surface area contributed by atoms with Gasteiger partial charge in [-0.3, -0.25) is 4.79 Å². The number of benzene rings is 1. The van der Waals surface area contributed by atoms with E-state index in [1.54, 1.807) is 0 Å². The predicted molar refractivity (Wildman–Crippen MR) is 103 cm³/mol. The largest absolute Gasteiger partial charge is 0.494 e. The van der Waals surface area contributed by atoms with Crippen LogP contribution in [0.15, 0.2) is 29.1 Å². The Hall–Kier alpha value is -2.14. The van der Waals surface area contributed by atoms with Gasteiger partial charge in [0.2, 0.25) is 0 Å². The molecule has 2 aromatic rings. The molecular weight excluding hydrogens is 326 g/mol. The van der Waals surface area contributed by atoms with Gasteiger partial charge in [-0.2, -0.15) is 5.10 Å². The van der Waals surface area contributed by atoms with Crippen molar-refractivity contribution in [2.24, 2.45) is 0 Å². The van der Waals surface area contributed by atoms with Crippen LogP contribution in [-0.2, 0) is 12.8 Å². The quantitative estimate of drug-likeness (QED) is 0.811. The summed E-state index contributed by atoms with van der Waals surface area (Å²) in [6, 6.07) is 8.09. The highest BCUT2D eigenvalue weighted by molar-refractivity contribution is 5.65. The molecule has 4 rings (SSSR count). The fraction of sp³-hybridized carbons (Fsp3) is 0.524. The van der Waals surface area contributed by atoms with Crippen LogP contribution >= 0.6 is 0 Å². The van der Waals surface area contributed by atoms with Gasteiger partial charge in [0.25, 0.3) is 5.56 Å². The first kappa shape index (κ1) is 17.3. The highest BCUT2D eigenvalue weighted by Crippen LogP contribution is 2.29. The molecule has 1 N–H and O–H groups in total. The molecule has 1 aliphatic heterocycles. The van der Waals surface area contributed by atoms with E-state index in [1.807, 2.05) is 24.3 Å². The average Bonchev–Trinajstić information content (AvgIpc) is 3.18. The van der Waals surface area contributed by atoms with Gasteiger partial charge in [0.05, 0.1) is 12.3 Å². The SMILES string of the molecule is O=c1[nH]nc(-c2ccc(OCCCN3CCCCC3)cc2)c2c1CCC2. The van der Waals surface area contributed by atoms with Crippen molar-refractivity contribution in [1.29, 1.82) is 0 Å². The Morgan fingerprint density at radius 3 is 2.58 bits per heavy atom. The number of hydrogen-bond donors (Lipinski definition) is 1. The Labute approximate surface area is 154 Å². The summed E-state index contributed by atoms with van der Waals surface area (Å²) in [5.74, 6) is 0.897. The number of nitrogens with zero attached hydrogens (tertiary/aromatic N) is 2. The number of aromatic amines is 1.